The molecule has 0 aliphatic carbocycles. The van der Waals surface area contributed by atoms with Crippen molar-refractivity contribution in [3.63, 3.8) is 0 Å². The van der Waals surface area contributed by atoms with Crippen LogP contribution in [0.3, 0.4) is 0 Å². The first-order valence-corrected chi connectivity index (χ1v) is 44.7. The Bertz CT molecular complexity index is 7110. The van der Waals surface area contributed by atoms with Gasteiger partial charge < -0.3 is 13.7 Å². The van der Waals surface area contributed by atoms with Crippen LogP contribution in [0.2, 0.25) is 0 Å². The van der Waals surface area contributed by atoms with Crippen LogP contribution in [0.1, 0.15) is 0 Å². The van der Waals surface area contributed by atoms with Gasteiger partial charge in [-0.25, -0.2) is 4.98 Å². The van der Waals surface area contributed by atoms with E-state index < -0.39 is 21.4 Å². The smallest absolute Gasteiger partial charge is 0.171 e. The van der Waals surface area contributed by atoms with Crippen LogP contribution in [-0.4, -0.2) is 15.0 Å². The Kier molecular flexibility index (Phi) is 20.3. The van der Waals surface area contributed by atoms with E-state index in [2.05, 4.69) is 218 Å². The van der Waals surface area contributed by atoms with E-state index in [0.717, 1.165) is 141 Å². The summed E-state index contributed by atoms with van der Waals surface area (Å²) in [5, 5.41) is 21.4. The second-order valence-corrected chi connectivity index (χ2v) is 37.6. The van der Waals surface area contributed by atoms with Gasteiger partial charge in [0, 0.05) is 93.0 Å². The zero-order valence-electron chi connectivity index (χ0n) is 64.3. The molecule has 0 bridgehead atoms. The molecule has 118 heavy (non-hydrogen) atoms. The van der Waals surface area contributed by atoms with Crippen LogP contribution in [0.15, 0.2) is 461 Å². The van der Waals surface area contributed by atoms with Crippen LogP contribution >= 0.6 is 21.4 Å². The first kappa shape index (κ1) is 74.1. The van der Waals surface area contributed by atoms with Gasteiger partial charge in [-0.15, -0.1) is 0 Å². The number of pyridine rings is 3. The van der Waals surface area contributed by atoms with Crippen molar-refractivity contribution in [1.82, 2.24) is 15.0 Å². The van der Waals surface area contributed by atoms with Crippen molar-refractivity contribution in [3.05, 3.63) is 461 Å². The summed E-state index contributed by atoms with van der Waals surface area (Å²) < 4.78 is 44.6. The molecule has 3 heterocycles. The van der Waals surface area contributed by atoms with Crippen LogP contribution in [0, 0.1) is 0 Å². The Morgan fingerprint density at radius 2 is 0.415 bits per heavy atom. The molecule has 0 spiro atoms. The number of rotatable bonds is 14. The maximum Gasteiger partial charge on any atom is 0.171 e. The van der Waals surface area contributed by atoms with E-state index in [-0.39, 0.29) is 0 Å². The fraction of sp³-hybridized carbons (Fsp3) is 0. The Morgan fingerprint density at radius 1 is 0.169 bits per heavy atom. The van der Waals surface area contributed by atoms with E-state index in [1.807, 2.05) is 243 Å². The van der Waals surface area contributed by atoms with Gasteiger partial charge in [0.05, 0.1) is 22.4 Å². The number of hydrogen-bond donors (Lipinski definition) is 0. The van der Waals surface area contributed by atoms with Gasteiger partial charge in [-0.3, -0.25) is 9.97 Å². The van der Waals surface area contributed by atoms with Crippen molar-refractivity contribution < 1.29 is 13.7 Å². The molecule has 9 heteroatoms. The van der Waals surface area contributed by atoms with Gasteiger partial charge in [-0.1, -0.05) is 419 Å². The molecule has 18 aromatic carbocycles. The third-order valence-corrected chi connectivity index (χ3v) is 31.8. The van der Waals surface area contributed by atoms with Crippen LogP contribution in [0.5, 0.6) is 0 Å². The molecule has 6 nitrogen and oxygen atoms in total. The van der Waals surface area contributed by atoms with Crippen molar-refractivity contribution in [3.8, 4) is 55.9 Å². The maximum atomic E-state index is 15.0. The van der Waals surface area contributed by atoms with Crippen molar-refractivity contribution >= 4 is 145 Å². The molecule has 0 radical (unpaired) electrons. The second kappa shape index (κ2) is 32.3. The molecule has 0 aliphatic rings. The third kappa shape index (κ3) is 13.5. The van der Waals surface area contributed by atoms with Gasteiger partial charge in [-0.05, 0) is 107 Å². The number of benzene rings is 18. The molecule has 21 rings (SSSR count). The molecule has 0 aliphatic heterocycles. The standard InChI is InChI=1S/C41H28NOP.C37H26NOP.C31H22NOP/c43-44(31-14-3-1-4-15-31,32-16-5-2-6-17-32)33-25-23-30(24-26-33)39-35-19-9-11-21-37(35)40(38-22-12-10-20-36(38)39)41-34-18-8-7-13-29(34)27-28-42-41;39-40(28-13-3-1-4-14-28,29-15-5-2-6-16-29)30-24-22-27(23-25-30)36-31-17-7-9-19-33(31)37(35-21-11-12-26-38-35)34-20-10-8-18-32(34)36;33-34(24-11-3-1-4-12-24,25-13-5-2-6-14-25)26-21-19-23(20-22-26)31-27-15-7-9-17-29(27)32-30-18-10-8-16-28(30)31/h1-28H;1-26H;1-22H. The van der Waals surface area contributed by atoms with Crippen LogP contribution in [0.25, 0.3) is 132 Å². The summed E-state index contributed by atoms with van der Waals surface area (Å²) in [6.45, 7) is 0. The molecule has 0 N–H and O–H groups in total. The molecule has 0 unspecified atom stereocenters. The summed E-state index contributed by atoms with van der Waals surface area (Å²) in [5.41, 5.74) is 12.9. The number of fused-ring (bicyclic) bond motifs is 7. The predicted octanol–water partition coefficient (Wildman–Crippen LogP) is 24.6. The summed E-state index contributed by atoms with van der Waals surface area (Å²) in [7, 11) is -9.10. The third-order valence-electron chi connectivity index (χ3n) is 22.6. The summed E-state index contributed by atoms with van der Waals surface area (Å²) in [4.78, 5) is 14.5. The normalized spacial score (nSPS) is 11.7. The molecule has 3 aromatic heterocycles. The summed E-state index contributed by atoms with van der Waals surface area (Å²) in [5.74, 6) is 0. The van der Waals surface area contributed by atoms with E-state index in [9.17, 15) is 13.7 Å². The minimum atomic E-state index is -3.06. The molecule has 0 fully saturated rings. The molecule has 0 saturated carbocycles. The first-order chi connectivity index (χ1) is 58.2. The maximum absolute atomic E-state index is 15.0. The van der Waals surface area contributed by atoms with Gasteiger partial charge in [0.15, 0.2) is 21.4 Å². The van der Waals surface area contributed by atoms with Gasteiger partial charge >= 0.3 is 0 Å². The van der Waals surface area contributed by atoms with Crippen molar-refractivity contribution in [2.24, 2.45) is 0 Å². The Morgan fingerprint density at radius 3 is 0.729 bits per heavy atom. The average Bonchev–Trinajstić information content (AvgIpc) is 0.725. The highest BCUT2D eigenvalue weighted by atomic mass is 31.2. The summed E-state index contributed by atoms with van der Waals surface area (Å²) >= 11 is 0. The van der Waals surface area contributed by atoms with Gasteiger partial charge in [0.2, 0.25) is 0 Å². The lowest BCUT2D eigenvalue weighted by atomic mass is 9.86. The highest BCUT2D eigenvalue weighted by Gasteiger charge is 2.33. The fourth-order valence-electron chi connectivity index (χ4n) is 17.1. The van der Waals surface area contributed by atoms with Crippen molar-refractivity contribution in [2.75, 3.05) is 0 Å². The van der Waals surface area contributed by atoms with Crippen LogP contribution < -0.4 is 47.7 Å². The Hall–Kier alpha value is -14.1. The minimum absolute atomic E-state index is 0.823. The lowest BCUT2D eigenvalue weighted by Gasteiger charge is -2.21. The molecule has 0 amide bonds. The number of hydrogen-bond acceptors (Lipinski definition) is 6. The largest absolute Gasteiger partial charge is 0.309 e. The monoisotopic (exact) mass is 1570 g/mol. The van der Waals surface area contributed by atoms with E-state index >= 15 is 0 Å². The van der Waals surface area contributed by atoms with Gasteiger partial charge in [0.25, 0.3) is 0 Å². The van der Waals surface area contributed by atoms with Gasteiger partial charge in [0.1, 0.15) is 0 Å². The van der Waals surface area contributed by atoms with E-state index in [0.29, 0.717) is 0 Å². The summed E-state index contributed by atoms with van der Waals surface area (Å²) in [6.07, 6.45) is 3.76. The molecular formula is C109H76N3O3P3. The van der Waals surface area contributed by atoms with Gasteiger partial charge in [-0.2, -0.15) is 0 Å². The van der Waals surface area contributed by atoms with E-state index in [1.165, 1.54) is 38.1 Å². The second-order valence-electron chi connectivity index (χ2n) is 29.3. The molecule has 0 atom stereocenters. The van der Waals surface area contributed by atoms with Crippen molar-refractivity contribution in [2.45, 2.75) is 0 Å². The fourth-order valence-corrected chi connectivity index (χ4v) is 25.0. The predicted molar refractivity (Wildman–Crippen MR) is 501 cm³/mol. The quantitative estimate of drug-likeness (QED) is 0.0796. The molecule has 21 aromatic rings. The lowest BCUT2D eigenvalue weighted by Crippen LogP contribution is -2.24. The number of para-hydroxylation sites is 2. The molecular weight excluding hydrogens is 1490 g/mol. The first-order valence-electron chi connectivity index (χ1n) is 39.6. The summed E-state index contributed by atoms with van der Waals surface area (Å²) in [6, 6.07) is 151. The Labute approximate surface area is 685 Å². The van der Waals surface area contributed by atoms with Crippen molar-refractivity contribution in [1.29, 1.82) is 0 Å². The van der Waals surface area contributed by atoms with Crippen LogP contribution in [-0.2, 0) is 13.7 Å². The average molecular weight is 1570 g/mol. The van der Waals surface area contributed by atoms with E-state index in [4.69, 9.17) is 15.0 Å². The number of nitrogens with zero attached hydrogens (tertiary/aromatic N) is 3. The minimum Gasteiger partial charge on any atom is -0.309 e. The topological polar surface area (TPSA) is 89.9 Å². The zero-order valence-corrected chi connectivity index (χ0v) is 67.0. The SMILES string of the molecule is O=P(c1ccccc1)(c1ccccc1)c1ccc(-c2c3ccccc3c(-c3ccccn3)c3ccccc23)cc1.O=P(c1ccccc1)(c1ccccc1)c1ccc(-c2c3ccccc3c(-c3nccc4ccccc34)c3ccccc23)cc1.O=P(c1ccccc1)(c1ccccc1)c1ccc(-c2c3ccccc3nc3ccccc23)cc1. The number of aromatic nitrogens is 3. The lowest BCUT2D eigenvalue weighted by molar-refractivity contribution is 0.591. The van der Waals surface area contributed by atoms with E-state index in [1.54, 1.807) is 0 Å². The highest BCUT2D eigenvalue weighted by molar-refractivity contribution is 7.86. The zero-order chi connectivity index (χ0) is 79.4. The van der Waals surface area contributed by atoms with Crippen LogP contribution in [0.4, 0.5) is 0 Å². The highest BCUT2D eigenvalue weighted by Crippen LogP contribution is 2.50. The molecule has 560 valence electrons. The Balaban J connectivity index is 0.000000119. The molecule has 0 saturated heterocycles.